The zero-order chi connectivity index (χ0) is 16.5. The van der Waals surface area contributed by atoms with Crippen molar-refractivity contribution in [1.29, 1.82) is 0 Å². The van der Waals surface area contributed by atoms with Crippen LogP contribution in [0.25, 0.3) is 0 Å². The lowest BCUT2D eigenvalue weighted by molar-refractivity contribution is -0.274. The molecule has 2 N–H and O–H groups in total. The second-order valence-corrected chi connectivity index (χ2v) is 6.59. The van der Waals surface area contributed by atoms with E-state index in [1.807, 2.05) is 0 Å². The predicted octanol–water partition coefficient (Wildman–Crippen LogP) is 1.22. The van der Waals surface area contributed by atoms with E-state index in [0.29, 0.717) is 12.8 Å². The van der Waals surface area contributed by atoms with Gasteiger partial charge in [-0.3, -0.25) is 4.79 Å². The van der Waals surface area contributed by atoms with Crippen LogP contribution in [0.1, 0.15) is 12.8 Å². The number of hydrogen-bond acceptors (Lipinski definition) is 4. The number of benzene rings is 1. The summed E-state index contributed by atoms with van der Waals surface area (Å²) in [7, 11) is -4.00. The molecule has 0 unspecified atom stereocenters. The van der Waals surface area contributed by atoms with E-state index in [-0.39, 0.29) is 11.4 Å². The summed E-state index contributed by atoms with van der Waals surface area (Å²) < 4.78 is 65.6. The van der Waals surface area contributed by atoms with Crippen LogP contribution in [0, 0.1) is 0 Å². The summed E-state index contributed by atoms with van der Waals surface area (Å²) >= 11 is 0. The van der Waals surface area contributed by atoms with Crippen LogP contribution in [0.5, 0.6) is 5.75 Å². The van der Waals surface area contributed by atoms with Gasteiger partial charge in [-0.25, -0.2) is 8.42 Å². The lowest BCUT2D eigenvalue weighted by atomic mass is 10.2. The fraction of sp³-hybridized carbons (Fsp3) is 0.417. The Labute approximate surface area is 124 Å². The summed E-state index contributed by atoms with van der Waals surface area (Å²) in [5, 5.41) is 0. The van der Waals surface area contributed by atoms with Crippen LogP contribution in [0.15, 0.2) is 29.2 Å². The second-order valence-electron chi connectivity index (χ2n) is 4.70. The number of amides is 1. The van der Waals surface area contributed by atoms with Crippen molar-refractivity contribution >= 4 is 15.9 Å². The number of nitrogens with zero attached hydrogens (tertiary/aromatic N) is 1. The number of carbonyl (C=O) groups excluding carboxylic acids is 1. The van der Waals surface area contributed by atoms with Gasteiger partial charge in [-0.2, -0.15) is 4.31 Å². The molecule has 0 aliphatic carbocycles. The molecule has 1 aliphatic rings. The van der Waals surface area contributed by atoms with Crippen molar-refractivity contribution in [2.24, 2.45) is 5.73 Å². The van der Waals surface area contributed by atoms with E-state index in [2.05, 4.69) is 4.74 Å². The van der Waals surface area contributed by atoms with Crippen LogP contribution in [0.3, 0.4) is 0 Å². The smallest absolute Gasteiger partial charge is 0.406 e. The molecule has 22 heavy (non-hydrogen) atoms. The number of ether oxygens (including phenoxy) is 1. The first kappa shape index (κ1) is 16.6. The fourth-order valence-corrected chi connectivity index (χ4v) is 3.93. The number of nitrogens with two attached hydrogens (primary N) is 1. The van der Waals surface area contributed by atoms with Gasteiger partial charge in [0.15, 0.2) is 0 Å². The van der Waals surface area contributed by atoms with Gasteiger partial charge in [-0.1, -0.05) is 0 Å². The van der Waals surface area contributed by atoms with Gasteiger partial charge in [0.25, 0.3) is 0 Å². The molecule has 1 heterocycles. The van der Waals surface area contributed by atoms with Gasteiger partial charge in [0.05, 0.1) is 4.90 Å². The summed E-state index contributed by atoms with van der Waals surface area (Å²) in [6.45, 7) is 0.136. The molecule has 1 fully saturated rings. The van der Waals surface area contributed by atoms with Crippen molar-refractivity contribution in [2.45, 2.75) is 30.1 Å². The molecule has 1 atom stereocenters. The first-order valence-corrected chi connectivity index (χ1v) is 7.72. The lowest BCUT2D eigenvalue weighted by Gasteiger charge is -2.21. The summed E-state index contributed by atoms with van der Waals surface area (Å²) in [6.07, 6.45) is -4.04. The molecule has 1 aromatic carbocycles. The summed E-state index contributed by atoms with van der Waals surface area (Å²) in [5.41, 5.74) is 5.17. The maximum Gasteiger partial charge on any atom is 0.573 e. The molecule has 1 aliphatic heterocycles. The molecule has 0 saturated carbocycles. The van der Waals surface area contributed by atoms with E-state index < -0.39 is 34.1 Å². The molecule has 0 bridgehead atoms. The second kappa shape index (κ2) is 5.76. The highest BCUT2D eigenvalue weighted by atomic mass is 32.2. The van der Waals surface area contributed by atoms with Crippen molar-refractivity contribution in [2.75, 3.05) is 6.54 Å². The first-order valence-electron chi connectivity index (χ1n) is 6.28. The quantitative estimate of drug-likeness (QED) is 0.894. The highest BCUT2D eigenvalue weighted by Crippen LogP contribution is 2.28. The molecule has 1 saturated heterocycles. The van der Waals surface area contributed by atoms with E-state index in [1.54, 1.807) is 0 Å². The Balaban J connectivity index is 2.25. The Morgan fingerprint density at radius 3 is 2.36 bits per heavy atom. The monoisotopic (exact) mass is 338 g/mol. The third-order valence-electron chi connectivity index (χ3n) is 3.20. The maximum atomic E-state index is 12.4. The SMILES string of the molecule is NC(=O)[C@@H]1CCCN1S(=O)(=O)c1ccc(OC(F)(F)F)cc1. The Morgan fingerprint density at radius 2 is 1.86 bits per heavy atom. The third kappa shape index (κ3) is 3.50. The number of sulfonamides is 1. The Morgan fingerprint density at radius 1 is 1.27 bits per heavy atom. The molecule has 1 amide bonds. The molecular formula is C12H13F3N2O4S. The number of hydrogen-bond donors (Lipinski definition) is 1. The van der Waals surface area contributed by atoms with Crippen molar-refractivity contribution in [3.63, 3.8) is 0 Å². The standard InChI is InChI=1S/C12H13F3N2O4S/c13-12(14,15)21-8-3-5-9(6-4-8)22(19,20)17-7-1-2-10(17)11(16)18/h3-6,10H,1-2,7H2,(H2,16,18)/t10-/m0/s1. The molecule has 10 heteroatoms. The van der Waals surface area contributed by atoms with E-state index in [0.717, 1.165) is 28.6 Å². The molecular weight excluding hydrogens is 325 g/mol. The minimum atomic E-state index is -4.85. The molecule has 122 valence electrons. The van der Waals surface area contributed by atoms with Gasteiger partial charge in [0.1, 0.15) is 11.8 Å². The van der Waals surface area contributed by atoms with E-state index in [9.17, 15) is 26.4 Å². The number of carbonyl (C=O) groups is 1. The van der Waals surface area contributed by atoms with Gasteiger partial charge in [0, 0.05) is 6.54 Å². The van der Waals surface area contributed by atoms with Gasteiger partial charge < -0.3 is 10.5 Å². The van der Waals surface area contributed by atoms with E-state index >= 15 is 0 Å². The molecule has 2 rings (SSSR count). The Hall–Kier alpha value is -1.81. The highest BCUT2D eigenvalue weighted by molar-refractivity contribution is 7.89. The lowest BCUT2D eigenvalue weighted by Crippen LogP contribution is -2.43. The highest BCUT2D eigenvalue weighted by Gasteiger charge is 2.38. The minimum Gasteiger partial charge on any atom is -0.406 e. The number of primary amides is 1. The topological polar surface area (TPSA) is 89.7 Å². The number of halogens is 3. The van der Waals surface area contributed by atoms with Crippen LogP contribution in [-0.2, 0) is 14.8 Å². The van der Waals surface area contributed by atoms with Gasteiger partial charge in [0.2, 0.25) is 15.9 Å². The first-order chi connectivity index (χ1) is 10.1. The third-order valence-corrected chi connectivity index (χ3v) is 5.12. The largest absolute Gasteiger partial charge is 0.573 e. The Kier molecular flexibility index (Phi) is 4.34. The predicted molar refractivity (Wildman–Crippen MR) is 69.2 cm³/mol. The molecule has 0 radical (unpaired) electrons. The van der Waals surface area contributed by atoms with E-state index in [4.69, 9.17) is 5.73 Å². The van der Waals surface area contributed by atoms with Gasteiger partial charge in [-0.15, -0.1) is 13.2 Å². The Bertz CT molecular complexity index is 658. The average Bonchev–Trinajstić information content (AvgIpc) is 2.87. The normalized spacial score (nSPS) is 20.0. The molecule has 0 spiro atoms. The maximum absolute atomic E-state index is 12.4. The van der Waals surface area contributed by atoms with Crippen LogP contribution < -0.4 is 10.5 Å². The fourth-order valence-electron chi connectivity index (χ4n) is 2.26. The average molecular weight is 338 g/mol. The van der Waals surface area contributed by atoms with E-state index in [1.165, 1.54) is 0 Å². The van der Waals surface area contributed by atoms with Crippen molar-refractivity contribution in [1.82, 2.24) is 4.31 Å². The van der Waals surface area contributed by atoms with Crippen molar-refractivity contribution < 1.29 is 31.1 Å². The van der Waals surface area contributed by atoms with Crippen LogP contribution >= 0.6 is 0 Å². The summed E-state index contributed by atoms with van der Waals surface area (Å²) in [5.74, 6) is -1.28. The zero-order valence-electron chi connectivity index (χ0n) is 11.2. The van der Waals surface area contributed by atoms with Gasteiger partial charge >= 0.3 is 6.36 Å². The summed E-state index contributed by atoms with van der Waals surface area (Å²) in [6, 6.07) is 2.85. The van der Waals surface area contributed by atoms with Crippen molar-refractivity contribution in [3.05, 3.63) is 24.3 Å². The van der Waals surface area contributed by atoms with Crippen molar-refractivity contribution in [3.8, 4) is 5.75 Å². The van der Waals surface area contributed by atoms with Crippen LogP contribution in [0.4, 0.5) is 13.2 Å². The summed E-state index contributed by atoms with van der Waals surface area (Å²) in [4.78, 5) is 11.0. The number of rotatable bonds is 4. The van der Waals surface area contributed by atoms with Crippen LogP contribution in [-0.4, -0.2) is 37.6 Å². The molecule has 0 aromatic heterocycles. The van der Waals surface area contributed by atoms with Crippen LogP contribution in [0.2, 0.25) is 0 Å². The van der Waals surface area contributed by atoms with Gasteiger partial charge in [-0.05, 0) is 37.1 Å². The number of alkyl halides is 3. The minimum absolute atomic E-state index is 0.136. The molecule has 6 nitrogen and oxygen atoms in total. The molecule has 1 aromatic rings. The zero-order valence-corrected chi connectivity index (χ0v) is 12.0.